The predicted molar refractivity (Wildman–Crippen MR) is 202 cm³/mol. The number of ether oxygens (including phenoxy) is 5. The molecule has 0 aromatic heterocycles. The average molecular weight is 834 g/mol. The number of fused-ring (bicyclic) bond motifs is 5. The summed E-state index contributed by atoms with van der Waals surface area (Å²) in [7, 11) is -2.70. The van der Waals surface area contributed by atoms with E-state index >= 15 is 4.79 Å². The molecule has 9 atom stereocenters. The van der Waals surface area contributed by atoms with Gasteiger partial charge in [-0.3, -0.25) is 9.59 Å². The lowest BCUT2D eigenvalue weighted by molar-refractivity contribution is -0.345. The Morgan fingerprint density at radius 3 is 2.15 bits per heavy atom. The maximum Gasteiger partial charge on any atom is 0.508 e. The fourth-order valence-corrected chi connectivity index (χ4v) is 12.3. The van der Waals surface area contributed by atoms with Gasteiger partial charge in [-0.15, -0.1) is 0 Å². The molecule has 0 amide bonds. The maximum absolute atomic E-state index is 16.0. The number of hydrogen-bond donors (Lipinski definition) is 2. The van der Waals surface area contributed by atoms with Gasteiger partial charge < -0.3 is 38.3 Å². The third-order valence-electron chi connectivity index (χ3n) is 12.8. The van der Waals surface area contributed by atoms with Crippen LogP contribution in [0.4, 0.5) is 4.79 Å². The van der Waals surface area contributed by atoms with Crippen LogP contribution < -0.4 is 0 Å². The number of carbonyl (C=O) groups excluding carboxylic acids is 4. The number of esters is 2. The van der Waals surface area contributed by atoms with Gasteiger partial charge >= 0.3 is 18.1 Å². The molecule has 1 heterocycles. The molecule has 0 radical (unpaired) electrons. The van der Waals surface area contributed by atoms with Crippen LogP contribution in [0.15, 0.2) is 41.5 Å². The lowest BCUT2D eigenvalue weighted by Crippen LogP contribution is -2.82. The standard InChI is InChI=1S/C38H51Cl3O12Si/c1-9-54(10-2,11-3)53-28-27-21(4)24(43)18-37(47,34(27,6)7)31(51-32(45)23-15-13-12-14-16-23)29-35(8,30(28)44)25(50-33(46)49-20-38(39,40)41)17-26-36(29,19-48-26)52-22(5)42/h12-16,24-26,28-29,31,43,47H,9-11,17-20H2,1-8H3/t24-,25-,26+,28+,29-,31-,35+,36-,37+/m0/s1. The summed E-state index contributed by atoms with van der Waals surface area (Å²) in [4.78, 5) is 56.6. The molecular formula is C38H51Cl3O12Si. The van der Waals surface area contributed by atoms with E-state index in [9.17, 15) is 24.6 Å². The van der Waals surface area contributed by atoms with E-state index < -0.39 is 101 Å². The zero-order valence-corrected chi connectivity index (χ0v) is 35.2. The molecule has 300 valence electrons. The maximum atomic E-state index is 16.0. The van der Waals surface area contributed by atoms with Crippen LogP contribution in [0, 0.1) is 16.7 Å². The highest BCUT2D eigenvalue weighted by Gasteiger charge is 2.79. The second kappa shape index (κ2) is 15.3. The van der Waals surface area contributed by atoms with Crippen molar-refractivity contribution < 1.29 is 57.5 Å². The molecule has 2 bridgehead atoms. The number of hydrogen-bond acceptors (Lipinski definition) is 12. The van der Waals surface area contributed by atoms with E-state index in [1.165, 1.54) is 19.1 Å². The van der Waals surface area contributed by atoms with Crippen LogP contribution in [0.2, 0.25) is 18.1 Å². The Kier molecular flexibility index (Phi) is 12.1. The van der Waals surface area contributed by atoms with E-state index in [1.807, 2.05) is 20.8 Å². The molecular weight excluding hydrogens is 783 g/mol. The molecule has 0 unspecified atom stereocenters. The first-order valence-corrected chi connectivity index (χ1v) is 22.0. The van der Waals surface area contributed by atoms with Crippen LogP contribution in [0.1, 0.15) is 78.6 Å². The highest BCUT2D eigenvalue weighted by Crippen LogP contribution is 2.65. The molecule has 1 aromatic carbocycles. The van der Waals surface area contributed by atoms with E-state index in [1.54, 1.807) is 45.9 Å². The Morgan fingerprint density at radius 2 is 1.63 bits per heavy atom. The number of ketones is 1. The van der Waals surface area contributed by atoms with Gasteiger partial charge in [-0.2, -0.15) is 0 Å². The van der Waals surface area contributed by atoms with E-state index in [2.05, 4.69) is 0 Å². The summed E-state index contributed by atoms with van der Waals surface area (Å²) in [6.07, 6.45) is -8.47. The second-order valence-corrected chi connectivity index (χ2v) is 23.0. The number of rotatable bonds is 10. The van der Waals surface area contributed by atoms with E-state index in [4.69, 9.17) is 62.9 Å². The molecule has 4 aliphatic rings. The van der Waals surface area contributed by atoms with Crippen LogP contribution in [0.3, 0.4) is 0 Å². The van der Waals surface area contributed by atoms with E-state index in [0.29, 0.717) is 29.3 Å². The molecule has 1 aromatic rings. The van der Waals surface area contributed by atoms with E-state index in [0.717, 1.165) is 0 Å². The van der Waals surface area contributed by atoms with Crippen molar-refractivity contribution in [2.75, 3.05) is 13.2 Å². The van der Waals surface area contributed by atoms with Gasteiger partial charge in [0, 0.05) is 25.2 Å². The Hall–Kier alpha value is -2.23. The quantitative estimate of drug-likeness (QED) is 0.0851. The third kappa shape index (κ3) is 7.14. The van der Waals surface area contributed by atoms with Crippen LogP contribution in [-0.2, 0) is 37.7 Å². The molecule has 1 aliphatic heterocycles. The molecule has 1 saturated heterocycles. The average Bonchev–Trinajstić information content (AvgIpc) is 3.10. The fraction of sp³-hybridized carbons (Fsp3) is 0.684. The SMILES string of the molecule is CC[Si](CC)(CC)O[C@H]1C(=O)[C@]2(C)[C@@H](OC(=O)OCC(Cl)(Cl)Cl)C[C@H]3OC[C@@]3(OC(C)=O)[C@H]2[C@H](OC(=O)c2ccccc2)[C@]2(O)C[C@H](O)C(C)=C1C2(C)C. The highest BCUT2D eigenvalue weighted by molar-refractivity contribution is 6.73. The highest BCUT2D eigenvalue weighted by atomic mass is 35.6. The predicted octanol–water partition coefficient (Wildman–Crippen LogP) is 6.64. The largest absolute Gasteiger partial charge is 0.508 e. The van der Waals surface area contributed by atoms with Crippen LogP contribution >= 0.6 is 34.8 Å². The summed E-state index contributed by atoms with van der Waals surface area (Å²) in [5.74, 6) is -3.57. The van der Waals surface area contributed by atoms with Crippen molar-refractivity contribution in [3.05, 3.63) is 47.0 Å². The first kappa shape index (κ1) is 42.9. The number of benzene rings is 1. The van der Waals surface area contributed by atoms with Crippen molar-refractivity contribution in [3.63, 3.8) is 0 Å². The van der Waals surface area contributed by atoms with Gasteiger partial charge in [-0.25, -0.2) is 9.59 Å². The van der Waals surface area contributed by atoms with Crippen molar-refractivity contribution in [3.8, 4) is 0 Å². The first-order valence-electron chi connectivity index (χ1n) is 18.4. The molecule has 0 spiro atoms. The van der Waals surface area contributed by atoms with Crippen molar-refractivity contribution >= 4 is 67.0 Å². The minimum absolute atomic E-state index is 0.143. The third-order valence-corrected chi connectivity index (χ3v) is 17.7. The summed E-state index contributed by atoms with van der Waals surface area (Å²) < 4.78 is 34.9. The molecule has 2 saturated carbocycles. The van der Waals surface area contributed by atoms with Gasteiger partial charge in [-0.05, 0) is 55.3 Å². The van der Waals surface area contributed by atoms with Crippen LogP contribution in [0.25, 0.3) is 0 Å². The molecule has 3 aliphatic carbocycles. The molecule has 54 heavy (non-hydrogen) atoms. The molecule has 5 rings (SSSR count). The summed E-state index contributed by atoms with van der Waals surface area (Å²) in [5, 5.41) is 25.2. The van der Waals surface area contributed by atoms with Gasteiger partial charge in [0.15, 0.2) is 19.7 Å². The van der Waals surface area contributed by atoms with Gasteiger partial charge in [-0.1, -0.05) is 87.6 Å². The number of aliphatic hydroxyl groups is 2. The van der Waals surface area contributed by atoms with E-state index in [-0.39, 0.29) is 25.0 Å². The van der Waals surface area contributed by atoms with Gasteiger partial charge in [0.2, 0.25) is 3.79 Å². The Morgan fingerprint density at radius 1 is 1.02 bits per heavy atom. The Labute approximate surface area is 332 Å². The number of aliphatic hydroxyl groups excluding tert-OH is 1. The zero-order valence-electron chi connectivity index (χ0n) is 31.9. The van der Waals surface area contributed by atoms with Crippen molar-refractivity contribution in [1.82, 2.24) is 0 Å². The number of halogens is 3. The fourth-order valence-electron chi connectivity index (χ4n) is 9.43. The molecule has 3 fully saturated rings. The Balaban J connectivity index is 1.85. The van der Waals surface area contributed by atoms with Crippen molar-refractivity contribution in [2.45, 2.75) is 132 Å². The Bertz CT molecular complexity index is 1650. The van der Waals surface area contributed by atoms with Gasteiger partial charge in [0.1, 0.15) is 36.6 Å². The molecule has 16 heteroatoms. The van der Waals surface area contributed by atoms with Gasteiger partial charge in [0.05, 0.1) is 29.6 Å². The minimum atomic E-state index is -2.70. The second-order valence-electron chi connectivity index (χ2n) is 15.8. The topological polar surface area (TPSA) is 164 Å². The summed E-state index contributed by atoms with van der Waals surface area (Å²) in [5.41, 5.74) is -6.24. The normalized spacial score (nSPS) is 34.6. The lowest BCUT2D eigenvalue weighted by atomic mass is 9.44. The minimum Gasteiger partial charge on any atom is -0.455 e. The van der Waals surface area contributed by atoms with Gasteiger partial charge in [0.25, 0.3) is 0 Å². The number of Topliss-reactive ketones (excluding diaryl/α,β-unsaturated/α-hetero) is 1. The lowest BCUT2D eigenvalue weighted by Gasteiger charge is -2.67. The summed E-state index contributed by atoms with van der Waals surface area (Å²) in [6.45, 7) is 13.0. The zero-order chi connectivity index (χ0) is 40.2. The molecule has 2 N–H and O–H groups in total. The monoisotopic (exact) mass is 832 g/mol. The smallest absolute Gasteiger partial charge is 0.455 e. The van der Waals surface area contributed by atoms with Crippen LogP contribution in [0.5, 0.6) is 0 Å². The summed E-state index contributed by atoms with van der Waals surface area (Å²) >= 11 is 17.6. The van der Waals surface area contributed by atoms with Crippen molar-refractivity contribution in [2.24, 2.45) is 16.7 Å². The van der Waals surface area contributed by atoms with Crippen LogP contribution in [-0.4, -0.2) is 101 Å². The summed E-state index contributed by atoms with van der Waals surface area (Å²) in [6, 6.07) is 10.0. The number of carbonyl (C=O) groups is 4. The van der Waals surface area contributed by atoms with Crippen molar-refractivity contribution in [1.29, 1.82) is 0 Å². The first-order chi connectivity index (χ1) is 25.1. The molecule has 12 nitrogen and oxygen atoms in total. The number of alkyl halides is 3.